The number of carboxylic acid groups (broad SMARTS) is 1. The second kappa shape index (κ2) is 5.73. The molecule has 0 saturated heterocycles. The van der Waals surface area contributed by atoms with Gasteiger partial charge in [-0.25, -0.2) is 9.59 Å². The van der Waals surface area contributed by atoms with E-state index < -0.39 is 12.0 Å². The van der Waals surface area contributed by atoms with Gasteiger partial charge in [-0.2, -0.15) is 0 Å². The maximum absolute atomic E-state index is 12.0. The van der Waals surface area contributed by atoms with Crippen LogP contribution < -0.4 is 5.32 Å². The van der Waals surface area contributed by atoms with Gasteiger partial charge in [0.25, 0.3) is 0 Å². The van der Waals surface area contributed by atoms with Gasteiger partial charge < -0.3 is 15.3 Å². The van der Waals surface area contributed by atoms with Gasteiger partial charge in [0.2, 0.25) is 0 Å². The molecule has 1 aliphatic rings. The Bertz CT molecular complexity index is 457. The summed E-state index contributed by atoms with van der Waals surface area (Å²) in [6.45, 7) is 0. The predicted molar refractivity (Wildman–Crippen MR) is 70.8 cm³/mol. The number of nitrogens with zero attached hydrogens (tertiary/aromatic N) is 1. The Balaban J connectivity index is 2.04. The van der Waals surface area contributed by atoms with Crippen LogP contribution in [0, 0.1) is 0 Å². The highest BCUT2D eigenvalue weighted by molar-refractivity contribution is 5.83. The molecular formula is C14H18N2O3. The summed E-state index contributed by atoms with van der Waals surface area (Å²) in [7, 11) is 1.71. The van der Waals surface area contributed by atoms with Crippen molar-refractivity contribution < 1.29 is 14.7 Å². The van der Waals surface area contributed by atoms with Crippen molar-refractivity contribution in [2.45, 2.75) is 31.3 Å². The molecule has 1 atom stereocenters. The molecule has 1 aromatic carbocycles. The Kier molecular flexibility index (Phi) is 4.04. The molecule has 0 radical (unpaired) electrons. The molecule has 0 heterocycles. The monoisotopic (exact) mass is 262 g/mol. The summed E-state index contributed by atoms with van der Waals surface area (Å²) < 4.78 is 0. The van der Waals surface area contributed by atoms with Crippen molar-refractivity contribution in [3.05, 3.63) is 35.9 Å². The van der Waals surface area contributed by atoms with E-state index in [0.29, 0.717) is 5.56 Å². The van der Waals surface area contributed by atoms with Crippen LogP contribution in [0.1, 0.15) is 30.9 Å². The quantitative estimate of drug-likeness (QED) is 0.872. The summed E-state index contributed by atoms with van der Waals surface area (Å²) in [6, 6.07) is 7.62. The van der Waals surface area contributed by atoms with E-state index in [1.165, 1.54) is 0 Å². The number of hydrogen-bond acceptors (Lipinski definition) is 2. The average Bonchev–Trinajstić information content (AvgIpc) is 2.34. The first kappa shape index (κ1) is 13.4. The molecule has 19 heavy (non-hydrogen) atoms. The fourth-order valence-corrected chi connectivity index (χ4v) is 2.10. The van der Waals surface area contributed by atoms with E-state index in [4.69, 9.17) is 0 Å². The molecule has 0 aromatic heterocycles. The van der Waals surface area contributed by atoms with Crippen molar-refractivity contribution in [2.75, 3.05) is 7.05 Å². The maximum Gasteiger partial charge on any atom is 0.330 e. The molecule has 1 aromatic rings. The summed E-state index contributed by atoms with van der Waals surface area (Å²) in [4.78, 5) is 24.9. The summed E-state index contributed by atoms with van der Waals surface area (Å²) >= 11 is 0. The van der Waals surface area contributed by atoms with Gasteiger partial charge >= 0.3 is 12.0 Å². The summed E-state index contributed by atoms with van der Waals surface area (Å²) in [6.07, 6.45) is 3.11. The first-order chi connectivity index (χ1) is 9.09. The summed E-state index contributed by atoms with van der Waals surface area (Å²) in [5, 5.41) is 11.8. The fourth-order valence-electron chi connectivity index (χ4n) is 2.10. The number of urea groups is 1. The smallest absolute Gasteiger partial charge is 0.330 e. The van der Waals surface area contributed by atoms with Crippen LogP contribution in [0.15, 0.2) is 30.3 Å². The summed E-state index contributed by atoms with van der Waals surface area (Å²) in [5.41, 5.74) is 0.574. The number of carbonyl (C=O) groups excluding carboxylic acids is 1. The number of amides is 2. The van der Waals surface area contributed by atoms with E-state index >= 15 is 0 Å². The van der Waals surface area contributed by atoms with Crippen molar-refractivity contribution in [1.29, 1.82) is 0 Å². The molecule has 5 nitrogen and oxygen atoms in total. The van der Waals surface area contributed by atoms with Crippen molar-refractivity contribution in [3.8, 4) is 0 Å². The average molecular weight is 262 g/mol. The van der Waals surface area contributed by atoms with Crippen LogP contribution in [0.2, 0.25) is 0 Å². The van der Waals surface area contributed by atoms with E-state index in [0.717, 1.165) is 19.3 Å². The Morgan fingerprint density at radius 1 is 1.32 bits per heavy atom. The molecular weight excluding hydrogens is 244 g/mol. The summed E-state index contributed by atoms with van der Waals surface area (Å²) in [5.74, 6) is -1.05. The van der Waals surface area contributed by atoms with Crippen molar-refractivity contribution >= 4 is 12.0 Å². The van der Waals surface area contributed by atoms with E-state index in [1.54, 1.807) is 36.2 Å². The van der Waals surface area contributed by atoms with Gasteiger partial charge in [-0.05, 0) is 24.8 Å². The molecule has 1 fully saturated rings. The molecule has 1 aliphatic carbocycles. The fraction of sp³-hybridized carbons (Fsp3) is 0.429. The van der Waals surface area contributed by atoms with Gasteiger partial charge in [-0.15, -0.1) is 0 Å². The molecule has 5 heteroatoms. The number of carboxylic acids is 1. The topological polar surface area (TPSA) is 69.6 Å². The molecule has 0 aliphatic heterocycles. The minimum Gasteiger partial charge on any atom is -0.479 e. The SMILES string of the molecule is CN(C(=O)NC(C(=O)O)c1ccccc1)C1CCC1. The Morgan fingerprint density at radius 3 is 2.42 bits per heavy atom. The van der Waals surface area contributed by atoms with Gasteiger partial charge in [0, 0.05) is 13.1 Å². The van der Waals surface area contributed by atoms with Gasteiger partial charge in [0.1, 0.15) is 0 Å². The van der Waals surface area contributed by atoms with Gasteiger partial charge in [0.15, 0.2) is 6.04 Å². The van der Waals surface area contributed by atoms with Crippen molar-refractivity contribution in [1.82, 2.24) is 10.2 Å². The zero-order valence-electron chi connectivity index (χ0n) is 10.9. The van der Waals surface area contributed by atoms with Crippen LogP contribution in [0.4, 0.5) is 4.79 Å². The second-order valence-electron chi connectivity index (χ2n) is 4.83. The van der Waals surface area contributed by atoms with Crippen LogP contribution in [-0.2, 0) is 4.79 Å². The molecule has 0 spiro atoms. The Hall–Kier alpha value is -2.04. The van der Waals surface area contributed by atoms with Crippen LogP contribution in [0.5, 0.6) is 0 Å². The lowest BCUT2D eigenvalue weighted by Crippen LogP contribution is -2.48. The van der Waals surface area contributed by atoms with E-state index in [-0.39, 0.29) is 12.1 Å². The third-order valence-corrected chi connectivity index (χ3v) is 3.59. The maximum atomic E-state index is 12.0. The third-order valence-electron chi connectivity index (χ3n) is 3.59. The molecule has 2 N–H and O–H groups in total. The zero-order valence-corrected chi connectivity index (χ0v) is 10.9. The number of carbonyl (C=O) groups is 2. The molecule has 2 rings (SSSR count). The highest BCUT2D eigenvalue weighted by Gasteiger charge is 2.29. The van der Waals surface area contributed by atoms with Crippen molar-refractivity contribution in [3.63, 3.8) is 0 Å². The number of rotatable bonds is 4. The Morgan fingerprint density at radius 2 is 1.95 bits per heavy atom. The normalized spacial score (nSPS) is 16.3. The molecule has 2 amide bonds. The van der Waals surface area contributed by atoms with Gasteiger partial charge in [-0.3, -0.25) is 0 Å². The largest absolute Gasteiger partial charge is 0.479 e. The van der Waals surface area contributed by atoms with E-state index in [9.17, 15) is 14.7 Å². The van der Waals surface area contributed by atoms with Crippen LogP contribution in [-0.4, -0.2) is 35.1 Å². The minimum absolute atomic E-state index is 0.241. The molecule has 1 saturated carbocycles. The van der Waals surface area contributed by atoms with Crippen LogP contribution in [0.3, 0.4) is 0 Å². The number of hydrogen-bond donors (Lipinski definition) is 2. The molecule has 1 unspecified atom stereocenters. The van der Waals surface area contributed by atoms with Gasteiger partial charge in [-0.1, -0.05) is 30.3 Å². The van der Waals surface area contributed by atoms with Crippen molar-refractivity contribution in [2.24, 2.45) is 0 Å². The van der Waals surface area contributed by atoms with Crippen LogP contribution >= 0.6 is 0 Å². The molecule has 102 valence electrons. The number of aliphatic carboxylic acids is 1. The Labute approximate surface area is 112 Å². The zero-order chi connectivity index (χ0) is 13.8. The number of benzene rings is 1. The predicted octanol–water partition coefficient (Wildman–Crippen LogP) is 2.01. The lowest BCUT2D eigenvalue weighted by Gasteiger charge is -2.35. The highest BCUT2D eigenvalue weighted by atomic mass is 16.4. The lowest BCUT2D eigenvalue weighted by molar-refractivity contribution is -0.139. The van der Waals surface area contributed by atoms with E-state index in [1.807, 2.05) is 6.07 Å². The standard InChI is InChI=1S/C14H18N2O3/c1-16(11-8-5-9-11)14(19)15-12(13(17)18)10-6-3-2-4-7-10/h2-4,6-7,11-12H,5,8-9H2,1H3,(H,15,19)(H,17,18). The third kappa shape index (κ3) is 3.05. The number of nitrogens with one attached hydrogen (secondary N) is 1. The molecule has 0 bridgehead atoms. The minimum atomic E-state index is -1.05. The van der Waals surface area contributed by atoms with Crippen LogP contribution in [0.25, 0.3) is 0 Å². The van der Waals surface area contributed by atoms with E-state index in [2.05, 4.69) is 5.32 Å². The first-order valence-electron chi connectivity index (χ1n) is 6.40. The second-order valence-corrected chi connectivity index (χ2v) is 4.83. The van der Waals surface area contributed by atoms with Gasteiger partial charge in [0.05, 0.1) is 0 Å². The lowest BCUT2D eigenvalue weighted by atomic mass is 9.92. The highest BCUT2D eigenvalue weighted by Crippen LogP contribution is 2.24. The first-order valence-corrected chi connectivity index (χ1v) is 6.40.